The standard InChI is InChI=1S/C45H60N3O4/c1-13-29-46-35-21-17-15-19-33(35)44(9,10)37(46)27-25-31-23-24-32(39(31)48(40(49)51-42(3,4)5)41(50)52-43(6,7)8)26-28-38-45(11,12)34-20-16-18-22-36(34)47(38)30-14-2/h15-22,25-28H,13-14,23-24,29-30H2,1-12H3/q+1. The van der Waals surface area contributed by atoms with Gasteiger partial charge in [-0.2, -0.15) is 9.48 Å². The first-order valence-electron chi connectivity index (χ1n) is 19.0. The minimum absolute atomic E-state index is 0.230. The Balaban J connectivity index is 1.71. The van der Waals surface area contributed by atoms with Crippen LogP contribution in [-0.2, 0) is 20.3 Å². The van der Waals surface area contributed by atoms with Crippen LogP contribution in [0.1, 0.15) is 120 Å². The van der Waals surface area contributed by atoms with E-state index in [1.165, 1.54) is 33.9 Å². The van der Waals surface area contributed by atoms with Gasteiger partial charge in [-0.25, -0.2) is 9.59 Å². The van der Waals surface area contributed by atoms with E-state index >= 15 is 0 Å². The maximum Gasteiger partial charge on any atom is 0.424 e. The molecule has 278 valence electrons. The summed E-state index contributed by atoms with van der Waals surface area (Å²) < 4.78 is 14.2. The summed E-state index contributed by atoms with van der Waals surface area (Å²) >= 11 is 0. The van der Waals surface area contributed by atoms with E-state index in [9.17, 15) is 9.59 Å². The number of hydrogen-bond donors (Lipinski definition) is 0. The van der Waals surface area contributed by atoms with Crippen LogP contribution >= 0.6 is 0 Å². The van der Waals surface area contributed by atoms with Crippen LogP contribution in [0.2, 0.25) is 0 Å². The lowest BCUT2D eigenvalue weighted by Crippen LogP contribution is -2.43. The molecule has 0 saturated heterocycles. The largest absolute Gasteiger partial charge is 0.443 e. The lowest BCUT2D eigenvalue weighted by Gasteiger charge is -2.30. The van der Waals surface area contributed by atoms with Gasteiger partial charge in [-0.05, 0) is 104 Å². The summed E-state index contributed by atoms with van der Waals surface area (Å²) in [5.41, 5.74) is 7.59. The van der Waals surface area contributed by atoms with Crippen LogP contribution in [0.15, 0.2) is 95.4 Å². The molecule has 7 heteroatoms. The summed E-state index contributed by atoms with van der Waals surface area (Å²) in [6, 6.07) is 17.2. The molecule has 0 saturated carbocycles. The third kappa shape index (κ3) is 7.69. The Morgan fingerprint density at radius 1 is 0.788 bits per heavy atom. The van der Waals surface area contributed by atoms with Crippen molar-refractivity contribution in [3.05, 3.63) is 107 Å². The maximum absolute atomic E-state index is 14.1. The molecular formula is C45H60N3O4+. The van der Waals surface area contributed by atoms with Gasteiger partial charge in [0.25, 0.3) is 0 Å². The van der Waals surface area contributed by atoms with Gasteiger partial charge in [0.1, 0.15) is 17.7 Å². The zero-order valence-electron chi connectivity index (χ0n) is 33.6. The number of benzene rings is 2. The molecule has 2 aromatic carbocycles. The van der Waals surface area contributed by atoms with Gasteiger partial charge in [0, 0.05) is 47.5 Å². The zero-order valence-corrected chi connectivity index (χ0v) is 33.6. The molecule has 2 heterocycles. The number of rotatable bonds is 8. The zero-order chi connectivity index (χ0) is 38.2. The van der Waals surface area contributed by atoms with Gasteiger partial charge >= 0.3 is 12.2 Å². The smallest absolute Gasteiger partial charge is 0.424 e. The van der Waals surface area contributed by atoms with Crippen molar-refractivity contribution in [2.75, 3.05) is 18.0 Å². The molecule has 52 heavy (non-hydrogen) atoms. The van der Waals surface area contributed by atoms with Gasteiger partial charge < -0.3 is 14.4 Å². The van der Waals surface area contributed by atoms with E-state index in [-0.39, 0.29) is 10.8 Å². The lowest BCUT2D eigenvalue weighted by molar-refractivity contribution is -0.437. The molecule has 2 amide bonds. The molecule has 0 radical (unpaired) electrons. The van der Waals surface area contributed by atoms with E-state index < -0.39 is 23.4 Å². The number of amides is 2. The van der Waals surface area contributed by atoms with Gasteiger partial charge in [0.2, 0.25) is 5.69 Å². The topological polar surface area (TPSA) is 62.1 Å². The van der Waals surface area contributed by atoms with E-state index in [1.807, 2.05) is 41.5 Å². The number of hydrogen-bond acceptors (Lipinski definition) is 5. The Bertz CT molecular complexity index is 1850. The minimum Gasteiger partial charge on any atom is -0.443 e. The molecule has 0 atom stereocenters. The van der Waals surface area contributed by atoms with Gasteiger partial charge in [0.05, 0.1) is 11.1 Å². The average molecular weight is 707 g/mol. The Morgan fingerprint density at radius 2 is 1.38 bits per heavy atom. The van der Waals surface area contributed by atoms with Gasteiger partial charge in [-0.1, -0.05) is 76.2 Å². The lowest BCUT2D eigenvalue weighted by atomic mass is 9.81. The molecule has 3 aliphatic rings. The van der Waals surface area contributed by atoms with Gasteiger partial charge in [0.15, 0.2) is 5.71 Å². The molecule has 0 spiro atoms. The van der Waals surface area contributed by atoms with Crippen molar-refractivity contribution in [1.29, 1.82) is 0 Å². The SMILES string of the molecule is CCCN1/C(=C/C=C2CCC(/C=C/C3=[N+](CCC)c4ccccc4C3(C)C)=C2N(C(=O)OC(C)(C)C)C(=O)OC(C)(C)C)C(C)(C)c2ccccc21. The molecule has 2 aromatic rings. The summed E-state index contributed by atoms with van der Waals surface area (Å²) in [5.74, 6) is 0. The second kappa shape index (κ2) is 14.6. The highest BCUT2D eigenvalue weighted by molar-refractivity contribution is 6.03. The predicted molar refractivity (Wildman–Crippen MR) is 213 cm³/mol. The summed E-state index contributed by atoms with van der Waals surface area (Å²) in [6.07, 6.45) is 10.4. The number of nitrogens with zero attached hydrogens (tertiary/aromatic N) is 3. The van der Waals surface area contributed by atoms with Crippen molar-refractivity contribution in [2.24, 2.45) is 0 Å². The summed E-state index contributed by atoms with van der Waals surface area (Å²) in [6.45, 7) is 26.1. The fourth-order valence-corrected chi connectivity index (χ4v) is 7.77. The van der Waals surface area contributed by atoms with E-state index in [2.05, 4.69) is 124 Å². The molecule has 1 aliphatic carbocycles. The first kappa shape index (κ1) is 38.8. The molecule has 0 N–H and O–H groups in total. The van der Waals surface area contributed by atoms with Gasteiger partial charge in [-0.3, -0.25) is 0 Å². The highest BCUT2D eigenvalue weighted by atomic mass is 16.6. The molecule has 2 aliphatic heterocycles. The van der Waals surface area contributed by atoms with Crippen molar-refractivity contribution < 1.29 is 23.6 Å². The van der Waals surface area contributed by atoms with Crippen LogP contribution in [-0.4, -0.2) is 51.7 Å². The van der Waals surface area contributed by atoms with Crippen LogP contribution in [0.25, 0.3) is 0 Å². The van der Waals surface area contributed by atoms with Crippen molar-refractivity contribution >= 4 is 29.3 Å². The first-order valence-corrected chi connectivity index (χ1v) is 19.0. The van der Waals surface area contributed by atoms with Crippen molar-refractivity contribution in [1.82, 2.24) is 4.90 Å². The minimum atomic E-state index is -0.825. The number of allylic oxidation sites excluding steroid dienone is 7. The van der Waals surface area contributed by atoms with Crippen molar-refractivity contribution in [2.45, 2.75) is 131 Å². The fraction of sp³-hybridized carbons (Fsp3) is 0.489. The Labute approximate surface area is 312 Å². The molecule has 0 bridgehead atoms. The molecule has 0 aromatic heterocycles. The molecule has 5 rings (SSSR count). The van der Waals surface area contributed by atoms with Crippen LogP contribution in [0.5, 0.6) is 0 Å². The van der Waals surface area contributed by atoms with Crippen molar-refractivity contribution in [3.8, 4) is 0 Å². The monoisotopic (exact) mass is 706 g/mol. The summed E-state index contributed by atoms with van der Waals surface area (Å²) in [5, 5.41) is 0. The van der Waals surface area contributed by atoms with Crippen LogP contribution in [0.4, 0.5) is 21.0 Å². The van der Waals surface area contributed by atoms with Crippen LogP contribution < -0.4 is 4.90 Å². The molecular weight excluding hydrogens is 647 g/mol. The van der Waals surface area contributed by atoms with Crippen LogP contribution in [0, 0.1) is 0 Å². The number of anilines is 1. The average Bonchev–Trinajstić information content (AvgIpc) is 3.60. The first-order chi connectivity index (χ1) is 24.3. The van der Waals surface area contributed by atoms with Crippen LogP contribution in [0.3, 0.4) is 0 Å². The quantitative estimate of drug-likeness (QED) is 0.256. The van der Waals surface area contributed by atoms with Crippen molar-refractivity contribution in [3.63, 3.8) is 0 Å². The number of para-hydroxylation sites is 2. The van der Waals surface area contributed by atoms with Gasteiger partial charge in [-0.15, -0.1) is 0 Å². The third-order valence-corrected chi connectivity index (χ3v) is 10.0. The number of imide groups is 1. The molecule has 7 nitrogen and oxygen atoms in total. The number of fused-ring (bicyclic) bond motifs is 2. The summed E-state index contributed by atoms with van der Waals surface area (Å²) in [7, 11) is 0. The summed E-state index contributed by atoms with van der Waals surface area (Å²) in [4.78, 5) is 31.8. The highest BCUT2D eigenvalue weighted by Crippen LogP contribution is 2.48. The van der Waals surface area contributed by atoms with E-state index in [1.54, 1.807) is 0 Å². The second-order valence-electron chi connectivity index (χ2n) is 17.2. The number of ether oxygens (including phenoxy) is 2. The number of carbonyl (C=O) groups is 2. The van der Waals surface area contributed by atoms with E-state index in [0.29, 0.717) is 18.5 Å². The normalized spacial score (nSPS) is 19.6. The Hall–Kier alpha value is -4.39. The Morgan fingerprint density at radius 3 is 1.98 bits per heavy atom. The van der Waals surface area contributed by atoms with E-state index in [0.717, 1.165) is 42.0 Å². The Kier molecular flexibility index (Phi) is 10.9. The molecule has 0 fully saturated rings. The maximum atomic E-state index is 14.1. The molecule has 0 unspecified atom stereocenters. The second-order valence-corrected chi connectivity index (χ2v) is 17.2. The number of carbonyl (C=O) groups excluding carboxylic acids is 2. The third-order valence-electron chi connectivity index (χ3n) is 10.0. The van der Waals surface area contributed by atoms with E-state index in [4.69, 9.17) is 9.47 Å². The fourth-order valence-electron chi connectivity index (χ4n) is 7.77. The predicted octanol–water partition coefficient (Wildman–Crippen LogP) is 11.3. The highest BCUT2D eigenvalue weighted by Gasteiger charge is 2.45.